The minimum Gasteiger partial charge on any atom is -0.508 e. The van der Waals surface area contributed by atoms with Crippen molar-refractivity contribution < 1.29 is 9.84 Å². The molecule has 2 aliphatic carbocycles. The number of nitrogens with zero attached hydrogens (tertiary/aromatic N) is 6. The fourth-order valence-electron chi connectivity index (χ4n) is 11.3. The molecule has 300 valence electrons. The quantitative estimate of drug-likeness (QED) is 0.174. The highest BCUT2D eigenvalue weighted by Gasteiger charge is 2.63. The van der Waals surface area contributed by atoms with Crippen molar-refractivity contribution in [3.63, 3.8) is 0 Å². The molecule has 0 spiro atoms. The van der Waals surface area contributed by atoms with E-state index in [1.807, 2.05) is 30.4 Å². The molecule has 4 aromatic carbocycles. The van der Waals surface area contributed by atoms with Crippen molar-refractivity contribution in [2.24, 2.45) is 4.99 Å². The van der Waals surface area contributed by atoms with E-state index in [0.717, 1.165) is 87.9 Å². The Morgan fingerprint density at radius 2 is 1.61 bits per heavy atom. The van der Waals surface area contributed by atoms with E-state index in [2.05, 4.69) is 130 Å². The number of aromatic hydroxyl groups is 1. The van der Waals surface area contributed by atoms with E-state index >= 15 is 0 Å². The predicted octanol–water partition coefficient (Wildman–Crippen LogP) is 9.36. The molecule has 1 saturated carbocycles. The van der Waals surface area contributed by atoms with Gasteiger partial charge in [0.2, 0.25) is 0 Å². The summed E-state index contributed by atoms with van der Waals surface area (Å²) < 4.78 is 8.91. The van der Waals surface area contributed by atoms with Crippen molar-refractivity contribution in [3.05, 3.63) is 158 Å². The van der Waals surface area contributed by atoms with Gasteiger partial charge in [-0.1, -0.05) is 72.8 Å². The first-order valence-electron chi connectivity index (χ1n) is 21.5. The molecular weight excluding hydrogens is 749 g/mol. The summed E-state index contributed by atoms with van der Waals surface area (Å²) in [5.74, 6) is 2.85. The lowest BCUT2D eigenvalue weighted by atomic mass is 9.59. The molecule has 59 heavy (non-hydrogen) atoms. The van der Waals surface area contributed by atoms with Crippen LogP contribution >= 0.6 is 11.3 Å². The number of hydrogen-bond acceptors (Lipinski definition) is 8. The van der Waals surface area contributed by atoms with Crippen LogP contribution in [0.25, 0.3) is 5.00 Å². The molecule has 3 atom stereocenters. The van der Waals surface area contributed by atoms with Crippen molar-refractivity contribution in [1.82, 2.24) is 19.7 Å². The number of ether oxygens (including phenoxy) is 1. The molecule has 8 nitrogen and oxygen atoms in total. The number of benzene rings is 4. The van der Waals surface area contributed by atoms with E-state index < -0.39 is 0 Å². The Labute approximate surface area is 351 Å². The van der Waals surface area contributed by atoms with Gasteiger partial charge in [0.25, 0.3) is 0 Å². The monoisotopic (exact) mass is 800 g/mol. The minimum absolute atomic E-state index is 0.0434. The van der Waals surface area contributed by atoms with Gasteiger partial charge in [-0.15, -0.1) is 21.5 Å². The summed E-state index contributed by atoms with van der Waals surface area (Å²) in [5.41, 5.74) is 12.8. The topological polar surface area (TPSA) is 79.0 Å². The lowest BCUT2D eigenvalue weighted by molar-refractivity contribution is -0.0330. The zero-order valence-electron chi connectivity index (χ0n) is 34.5. The lowest BCUT2D eigenvalue weighted by Gasteiger charge is -2.48. The SMILES string of the molecule is Cc1sc2c(c1C)C(c1ccc(C34COC(CN5CCN(c6ccc([C@@H]7c8ccc(O)cc8CC[C@@H]7c7ccccc7)cc6)CC5)(C3)C4)cc1)=N[C@@H](C)c1nnc(C)n1-2. The van der Waals surface area contributed by atoms with E-state index in [1.54, 1.807) is 0 Å². The maximum atomic E-state index is 10.3. The molecule has 4 fully saturated rings. The van der Waals surface area contributed by atoms with Crippen LogP contribution in [0.2, 0.25) is 0 Å². The number of aryl methyl sites for hydroxylation is 3. The summed E-state index contributed by atoms with van der Waals surface area (Å²) in [7, 11) is 0. The normalized spacial score (nSPS) is 26.1. The predicted molar refractivity (Wildman–Crippen MR) is 236 cm³/mol. The van der Waals surface area contributed by atoms with Gasteiger partial charge in [0.15, 0.2) is 5.82 Å². The molecule has 6 aromatic rings. The molecule has 6 aliphatic rings. The summed E-state index contributed by atoms with van der Waals surface area (Å²) >= 11 is 1.81. The van der Waals surface area contributed by atoms with Crippen LogP contribution in [0, 0.1) is 20.8 Å². The van der Waals surface area contributed by atoms with Crippen LogP contribution in [0.5, 0.6) is 5.75 Å². The Balaban J connectivity index is 0.743. The van der Waals surface area contributed by atoms with Crippen LogP contribution in [0.15, 0.2) is 102 Å². The molecule has 0 amide bonds. The number of phenols is 1. The molecule has 3 saturated heterocycles. The van der Waals surface area contributed by atoms with Crippen LogP contribution in [0.3, 0.4) is 0 Å². The van der Waals surface area contributed by atoms with Gasteiger partial charge in [0.05, 0.1) is 17.9 Å². The first-order chi connectivity index (χ1) is 28.7. The molecule has 2 aromatic heterocycles. The third kappa shape index (κ3) is 6.10. The third-order valence-electron chi connectivity index (χ3n) is 14.4. The maximum absolute atomic E-state index is 10.3. The van der Waals surface area contributed by atoms with Crippen LogP contribution in [-0.2, 0) is 16.6 Å². The van der Waals surface area contributed by atoms with Crippen molar-refractivity contribution in [3.8, 4) is 10.8 Å². The first-order valence-corrected chi connectivity index (χ1v) is 22.3. The molecule has 4 aliphatic heterocycles. The number of fused-ring (bicyclic) bond motifs is 5. The molecule has 0 radical (unpaired) electrons. The van der Waals surface area contributed by atoms with Gasteiger partial charge >= 0.3 is 0 Å². The fraction of sp³-hybridized carbons (Fsp3) is 0.380. The van der Waals surface area contributed by atoms with E-state index in [9.17, 15) is 5.11 Å². The van der Waals surface area contributed by atoms with Crippen LogP contribution in [-0.4, -0.2) is 75.4 Å². The zero-order chi connectivity index (χ0) is 40.0. The molecule has 0 unspecified atom stereocenters. The minimum atomic E-state index is -0.0856. The van der Waals surface area contributed by atoms with Gasteiger partial charge in [-0.05, 0) is 117 Å². The maximum Gasteiger partial charge on any atom is 0.162 e. The van der Waals surface area contributed by atoms with Crippen LogP contribution < -0.4 is 4.90 Å². The number of hydrogen-bond donors (Lipinski definition) is 1. The number of aliphatic imine (C=N–C) groups is 1. The highest BCUT2D eigenvalue weighted by molar-refractivity contribution is 7.15. The highest BCUT2D eigenvalue weighted by Crippen LogP contribution is 2.59. The van der Waals surface area contributed by atoms with E-state index in [4.69, 9.17) is 9.73 Å². The molecule has 2 bridgehead atoms. The second kappa shape index (κ2) is 14.0. The molecule has 12 rings (SSSR count). The summed E-state index contributed by atoms with van der Waals surface area (Å²) in [6.45, 7) is 14.5. The number of aromatic nitrogens is 3. The standard InChI is InChI=1S/C50H52N6O2S/c1-31-33(3)59-48-44(31)46(51-32(2)47-53-52-34(4)56(47)48)37-10-15-39(16-11-37)49-27-50(28-49,58-30-49)29-54-22-24-55(25-23-54)40-17-12-36(13-18-40)45-42(35-8-6-5-7-9-35)20-14-38-26-41(57)19-21-43(38)45/h5-13,15-19,21,26,32,42,45,57H,14,20,22-25,27-30H2,1-4H3/t32-,42+,45-,49?,50?/m0/s1. The largest absolute Gasteiger partial charge is 0.508 e. The number of piperazine rings is 1. The van der Waals surface area contributed by atoms with Crippen LogP contribution in [0.1, 0.15) is 105 Å². The van der Waals surface area contributed by atoms with Crippen molar-refractivity contribution in [1.29, 1.82) is 0 Å². The Morgan fingerprint density at radius 3 is 2.37 bits per heavy atom. The molecule has 6 heterocycles. The lowest BCUT2D eigenvalue weighted by Crippen LogP contribution is -2.57. The van der Waals surface area contributed by atoms with Crippen molar-refractivity contribution in [2.75, 3.05) is 44.2 Å². The average Bonchev–Trinajstić information content (AvgIpc) is 3.99. The fourth-order valence-corrected chi connectivity index (χ4v) is 12.5. The smallest absolute Gasteiger partial charge is 0.162 e. The zero-order valence-corrected chi connectivity index (χ0v) is 35.3. The molecule has 9 heteroatoms. The van der Waals surface area contributed by atoms with E-state index in [0.29, 0.717) is 11.7 Å². The number of anilines is 1. The summed E-state index contributed by atoms with van der Waals surface area (Å²) in [6, 6.07) is 35.5. The van der Waals surface area contributed by atoms with Gasteiger partial charge in [-0.2, -0.15) is 0 Å². The molecular formula is C50H52N6O2S. The second-order valence-corrected chi connectivity index (χ2v) is 19.2. The summed E-state index contributed by atoms with van der Waals surface area (Å²) in [5, 5.41) is 20.4. The molecule has 1 N–H and O–H groups in total. The van der Waals surface area contributed by atoms with Crippen molar-refractivity contribution >= 4 is 22.7 Å². The summed E-state index contributed by atoms with van der Waals surface area (Å²) in [6.07, 6.45) is 4.24. The Morgan fingerprint density at radius 1 is 0.847 bits per heavy atom. The Bertz CT molecular complexity index is 2580. The van der Waals surface area contributed by atoms with Gasteiger partial charge in [0.1, 0.15) is 22.6 Å². The van der Waals surface area contributed by atoms with E-state index in [1.165, 1.54) is 54.5 Å². The Hall–Kier alpha value is -5.09. The number of thiophene rings is 1. The number of rotatable bonds is 7. The van der Waals surface area contributed by atoms with Crippen LogP contribution in [0.4, 0.5) is 5.69 Å². The van der Waals surface area contributed by atoms with Gasteiger partial charge < -0.3 is 14.7 Å². The Kier molecular flexibility index (Phi) is 8.77. The second-order valence-electron chi connectivity index (χ2n) is 18.0. The van der Waals surface area contributed by atoms with E-state index in [-0.39, 0.29) is 23.0 Å². The van der Waals surface area contributed by atoms with Gasteiger partial charge in [-0.25, -0.2) is 0 Å². The van der Waals surface area contributed by atoms with Gasteiger partial charge in [0, 0.05) is 65.7 Å². The average molecular weight is 801 g/mol. The first kappa shape index (κ1) is 36.9. The van der Waals surface area contributed by atoms with Crippen molar-refractivity contribution in [2.45, 2.75) is 82.3 Å². The summed E-state index contributed by atoms with van der Waals surface area (Å²) in [4.78, 5) is 11.8. The van der Waals surface area contributed by atoms with Gasteiger partial charge in [-0.3, -0.25) is 14.5 Å². The third-order valence-corrected chi connectivity index (χ3v) is 15.6. The highest BCUT2D eigenvalue weighted by atomic mass is 32.1. The number of phenolic OH excluding ortho intramolecular Hbond substituents is 1.